The van der Waals surface area contributed by atoms with E-state index in [1.54, 1.807) is 0 Å². The summed E-state index contributed by atoms with van der Waals surface area (Å²) in [7, 11) is 0. The van der Waals surface area contributed by atoms with Crippen molar-refractivity contribution in [2.75, 3.05) is 26.2 Å². The van der Waals surface area contributed by atoms with Crippen molar-refractivity contribution >= 4 is 0 Å². The van der Waals surface area contributed by atoms with Gasteiger partial charge in [0.2, 0.25) is 0 Å². The normalized spacial score (nSPS) is 13.1. The van der Waals surface area contributed by atoms with E-state index in [-0.39, 0.29) is 6.61 Å². The lowest BCUT2D eigenvalue weighted by molar-refractivity contribution is 0.184. The van der Waals surface area contributed by atoms with Gasteiger partial charge >= 0.3 is 0 Å². The molecule has 1 atom stereocenters. The van der Waals surface area contributed by atoms with E-state index in [2.05, 4.69) is 62.2 Å². The molecule has 1 unspecified atom stereocenters. The lowest BCUT2D eigenvalue weighted by Gasteiger charge is -2.28. The van der Waals surface area contributed by atoms with Crippen LogP contribution in [0.4, 0.5) is 0 Å². The summed E-state index contributed by atoms with van der Waals surface area (Å²) in [6, 6.07) is 9.77. The van der Waals surface area contributed by atoms with E-state index in [1.165, 1.54) is 11.1 Å². The smallest absolute Gasteiger partial charge is 0.0443 e. The summed E-state index contributed by atoms with van der Waals surface area (Å²) in [4.78, 5) is 2.45. The highest BCUT2D eigenvalue weighted by Crippen LogP contribution is 2.18. The molecule has 3 nitrogen and oxygen atoms in total. The molecule has 0 radical (unpaired) electrons. The lowest BCUT2D eigenvalue weighted by Crippen LogP contribution is -2.35. The summed E-state index contributed by atoms with van der Waals surface area (Å²) in [5, 5.41) is 12.6. The highest BCUT2D eigenvalue weighted by atomic mass is 16.3. The van der Waals surface area contributed by atoms with E-state index in [9.17, 15) is 0 Å². The molecule has 0 fully saturated rings. The van der Waals surface area contributed by atoms with Gasteiger partial charge in [0.1, 0.15) is 0 Å². The topological polar surface area (TPSA) is 35.5 Å². The second-order valence-electron chi connectivity index (χ2n) is 6.02. The van der Waals surface area contributed by atoms with Gasteiger partial charge in [-0.2, -0.15) is 0 Å². The monoisotopic (exact) mass is 292 g/mol. The second kappa shape index (κ2) is 9.93. The molecular weight excluding hydrogens is 260 g/mol. The van der Waals surface area contributed by atoms with Crippen molar-refractivity contribution in [2.24, 2.45) is 0 Å². The van der Waals surface area contributed by atoms with Gasteiger partial charge in [0.25, 0.3) is 0 Å². The standard InChI is InChI=1S/C18H32N2O/c1-5-19-18(17-9-7-16(4)8-10-17)11-13-20(15(2)3)12-6-14-21/h7-10,15,18-19,21H,5-6,11-14H2,1-4H3. The third-order valence-electron chi connectivity index (χ3n) is 3.97. The van der Waals surface area contributed by atoms with Crippen molar-refractivity contribution in [3.8, 4) is 0 Å². The lowest BCUT2D eigenvalue weighted by atomic mass is 10.0. The van der Waals surface area contributed by atoms with Gasteiger partial charge < -0.3 is 15.3 Å². The van der Waals surface area contributed by atoms with Crippen LogP contribution in [0.5, 0.6) is 0 Å². The first kappa shape index (κ1) is 18.1. The van der Waals surface area contributed by atoms with E-state index in [0.717, 1.165) is 32.5 Å². The zero-order valence-electron chi connectivity index (χ0n) is 14.1. The number of aliphatic hydroxyl groups excluding tert-OH is 1. The number of aliphatic hydroxyl groups is 1. The predicted octanol–water partition coefficient (Wildman–Crippen LogP) is 3.13. The van der Waals surface area contributed by atoms with Gasteiger partial charge in [-0.05, 0) is 45.7 Å². The van der Waals surface area contributed by atoms with E-state index in [4.69, 9.17) is 5.11 Å². The summed E-state index contributed by atoms with van der Waals surface area (Å²) in [5.41, 5.74) is 2.68. The average Bonchev–Trinajstić information content (AvgIpc) is 2.46. The first-order valence-electron chi connectivity index (χ1n) is 8.23. The third-order valence-corrected chi connectivity index (χ3v) is 3.97. The second-order valence-corrected chi connectivity index (χ2v) is 6.02. The van der Waals surface area contributed by atoms with Gasteiger partial charge in [-0.1, -0.05) is 36.8 Å². The summed E-state index contributed by atoms with van der Waals surface area (Å²) in [5.74, 6) is 0. The van der Waals surface area contributed by atoms with Crippen molar-refractivity contribution in [2.45, 2.75) is 52.6 Å². The maximum atomic E-state index is 9.02. The van der Waals surface area contributed by atoms with Crippen LogP contribution >= 0.6 is 0 Å². The Hall–Kier alpha value is -0.900. The van der Waals surface area contributed by atoms with Gasteiger partial charge in [0.05, 0.1) is 0 Å². The molecule has 21 heavy (non-hydrogen) atoms. The third kappa shape index (κ3) is 6.60. The Bertz CT molecular complexity index is 375. The van der Waals surface area contributed by atoms with Crippen molar-refractivity contribution in [3.63, 3.8) is 0 Å². The van der Waals surface area contributed by atoms with E-state index >= 15 is 0 Å². The predicted molar refractivity (Wildman–Crippen MR) is 90.6 cm³/mol. The molecule has 0 aliphatic rings. The molecule has 1 aromatic rings. The minimum Gasteiger partial charge on any atom is -0.396 e. The Balaban J connectivity index is 2.62. The molecule has 0 heterocycles. The quantitative estimate of drug-likeness (QED) is 0.695. The molecular formula is C18H32N2O. The Morgan fingerprint density at radius 2 is 1.81 bits per heavy atom. The summed E-state index contributed by atoms with van der Waals surface area (Å²) in [6.45, 7) is 12.0. The minimum absolute atomic E-state index is 0.276. The fraction of sp³-hybridized carbons (Fsp3) is 0.667. The van der Waals surface area contributed by atoms with Gasteiger partial charge in [-0.15, -0.1) is 0 Å². The zero-order chi connectivity index (χ0) is 15.7. The molecule has 2 N–H and O–H groups in total. The molecule has 0 aliphatic heterocycles. The molecule has 0 aliphatic carbocycles. The molecule has 0 bridgehead atoms. The number of hydrogen-bond donors (Lipinski definition) is 2. The van der Waals surface area contributed by atoms with E-state index < -0.39 is 0 Å². The summed E-state index contributed by atoms with van der Waals surface area (Å²) < 4.78 is 0. The van der Waals surface area contributed by atoms with Gasteiger partial charge in [0, 0.05) is 31.8 Å². The molecule has 0 aromatic heterocycles. The number of nitrogens with one attached hydrogen (secondary N) is 1. The highest BCUT2D eigenvalue weighted by molar-refractivity contribution is 5.24. The van der Waals surface area contributed by atoms with Crippen LogP contribution in [-0.4, -0.2) is 42.3 Å². The summed E-state index contributed by atoms with van der Waals surface area (Å²) in [6.07, 6.45) is 1.95. The largest absolute Gasteiger partial charge is 0.396 e. The molecule has 1 rings (SSSR count). The van der Waals surface area contributed by atoms with Crippen LogP contribution in [0.2, 0.25) is 0 Å². The number of rotatable bonds is 10. The first-order valence-corrected chi connectivity index (χ1v) is 8.23. The van der Waals surface area contributed by atoms with Crippen LogP contribution in [0.1, 0.15) is 50.8 Å². The van der Waals surface area contributed by atoms with Gasteiger partial charge in [-0.3, -0.25) is 0 Å². The molecule has 3 heteroatoms. The van der Waals surface area contributed by atoms with Crippen molar-refractivity contribution in [3.05, 3.63) is 35.4 Å². The SMILES string of the molecule is CCNC(CCN(CCCO)C(C)C)c1ccc(C)cc1. The zero-order valence-corrected chi connectivity index (χ0v) is 14.1. The van der Waals surface area contributed by atoms with Crippen LogP contribution in [0, 0.1) is 6.92 Å². The fourth-order valence-corrected chi connectivity index (χ4v) is 2.63. The highest BCUT2D eigenvalue weighted by Gasteiger charge is 2.14. The Kier molecular flexibility index (Phi) is 8.58. The van der Waals surface area contributed by atoms with Crippen LogP contribution in [0.3, 0.4) is 0 Å². The molecule has 120 valence electrons. The van der Waals surface area contributed by atoms with Crippen molar-refractivity contribution in [1.29, 1.82) is 0 Å². The van der Waals surface area contributed by atoms with Gasteiger partial charge in [0.15, 0.2) is 0 Å². The number of benzene rings is 1. The molecule has 0 amide bonds. The number of nitrogens with zero attached hydrogens (tertiary/aromatic N) is 1. The van der Waals surface area contributed by atoms with Gasteiger partial charge in [-0.25, -0.2) is 0 Å². The van der Waals surface area contributed by atoms with Crippen LogP contribution in [0.25, 0.3) is 0 Å². The fourth-order valence-electron chi connectivity index (χ4n) is 2.63. The Morgan fingerprint density at radius 1 is 1.14 bits per heavy atom. The van der Waals surface area contributed by atoms with Crippen LogP contribution in [-0.2, 0) is 0 Å². The maximum Gasteiger partial charge on any atom is 0.0443 e. The first-order chi connectivity index (χ1) is 10.1. The van der Waals surface area contributed by atoms with Crippen molar-refractivity contribution in [1.82, 2.24) is 10.2 Å². The molecule has 1 aromatic carbocycles. The van der Waals surface area contributed by atoms with Crippen molar-refractivity contribution < 1.29 is 5.11 Å². The van der Waals surface area contributed by atoms with E-state index in [0.29, 0.717) is 12.1 Å². The maximum absolute atomic E-state index is 9.02. The van der Waals surface area contributed by atoms with Crippen LogP contribution < -0.4 is 5.32 Å². The average molecular weight is 292 g/mol. The van der Waals surface area contributed by atoms with Crippen LogP contribution in [0.15, 0.2) is 24.3 Å². The Morgan fingerprint density at radius 3 is 2.33 bits per heavy atom. The molecule has 0 saturated carbocycles. The number of hydrogen-bond acceptors (Lipinski definition) is 3. The molecule has 0 spiro atoms. The number of aryl methyl sites for hydroxylation is 1. The Labute approximate surface area is 130 Å². The summed E-state index contributed by atoms with van der Waals surface area (Å²) >= 11 is 0. The molecule has 0 saturated heterocycles. The van der Waals surface area contributed by atoms with E-state index in [1.807, 2.05) is 0 Å². The minimum atomic E-state index is 0.276.